The summed E-state index contributed by atoms with van der Waals surface area (Å²) in [5.41, 5.74) is -0.618. The van der Waals surface area contributed by atoms with E-state index in [1.807, 2.05) is 0 Å². The van der Waals surface area contributed by atoms with Gasteiger partial charge in [-0.05, 0) is 28.8 Å². The molecule has 6 nitrogen and oxygen atoms in total. The summed E-state index contributed by atoms with van der Waals surface area (Å²) in [4.78, 5) is 34.3. The molecule has 7 heteroatoms. The lowest BCUT2D eigenvalue weighted by Crippen LogP contribution is -2.29. The van der Waals surface area contributed by atoms with E-state index in [-0.39, 0.29) is 28.4 Å². The summed E-state index contributed by atoms with van der Waals surface area (Å²) in [6.07, 6.45) is 6.04. The van der Waals surface area contributed by atoms with Crippen LogP contribution in [0.4, 0.5) is 5.69 Å². The van der Waals surface area contributed by atoms with Crippen molar-refractivity contribution in [3.05, 3.63) is 37.2 Å². The van der Waals surface area contributed by atoms with Crippen LogP contribution in [0.1, 0.15) is 32.1 Å². The van der Waals surface area contributed by atoms with Gasteiger partial charge in [-0.2, -0.15) is 0 Å². The highest BCUT2D eigenvalue weighted by Crippen LogP contribution is 2.25. The Bertz CT molecular complexity index is 591. The average Bonchev–Trinajstić information content (AvgIpc) is 2.44. The van der Waals surface area contributed by atoms with Crippen LogP contribution in [-0.4, -0.2) is 15.3 Å². The minimum Gasteiger partial charge on any atom is -0.300 e. The number of carbonyl (C=O) groups is 1. The van der Waals surface area contributed by atoms with Crippen molar-refractivity contribution >= 4 is 27.4 Å². The van der Waals surface area contributed by atoms with E-state index < -0.39 is 10.5 Å². The lowest BCUT2D eigenvalue weighted by Gasteiger charge is -2.20. The highest BCUT2D eigenvalue weighted by molar-refractivity contribution is 9.10. The van der Waals surface area contributed by atoms with E-state index in [9.17, 15) is 19.7 Å². The Kier molecular flexibility index (Phi) is 4.69. The minimum absolute atomic E-state index is 0.0146. The standard InChI is InChI=1S/C13H15BrN2O4/c14-11-6-10(16(19)20)7-15(13(11)18)8-12(17)9-4-2-1-3-5-9/h6-7,9H,1-5,8H2. The Morgan fingerprint density at radius 3 is 2.65 bits per heavy atom. The molecule has 0 atom stereocenters. The van der Waals surface area contributed by atoms with Crippen LogP contribution in [0, 0.1) is 16.0 Å². The monoisotopic (exact) mass is 342 g/mol. The van der Waals surface area contributed by atoms with Crippen molar-refractivity contribution < 1.29 is 9.72 Å². The minimum atomic E-state index is -0.578. The van der Waals surface area contributed by atoms with Gasteiger partial charge in [0, 0.05) is 12.0 Å². The molecule has 20 heavy (non-hydrogen) atoms. The average molecular weight is 343 g/mol. The Balaban J connectivity index is 2.21. The van der Waals surface area contributed by atoms with Crippen molar-refractivity contribution in [1.82, 2.24) is 4.57 Å². The number of ketones is 1. The summed E-state index contributed by atoms with van der Waals surface area (Å²) in [6, 6.07) is 1.16. The molecule has 1 fully saturated rings. The molecule has 1 aliphatic rings. The third-order valence-electron chi connectivity index (χ3n) is 3.63. The molecule has 1 aliphatic carbocycles. The molecule has 1 aromatic heterocycles. The first-order valence-corrected chi connectivity index (χ1v) is 7.35. The van der Waals surface area contributed by atoms with Crippen molar-refractivity contribution in [3.63, 3.8) is 0 Å². The summed E-state index contributed by atoms with van der Waals surface area (Å²) in [6.45, 7) is -0.0935. The van der Waals surface area contributed by atoms with E-state index in [1.165, 1.54) is 0 Å². The molecule has 1 saturated carbocycles. The zero-order valence-corrected chi connectivity index (χ0v) is 12.5. The quantitative estimate of drug-likeness (QED) is 0.622. The summed E-state index contributed by atoms with van der Waals surface area (Å²) >= 11 is 3.00. The van der Waals surface area contributed by atoms with Gasteiger partial charge in [0.1, 0.15) is 0 Å². The van der Waals surface area contributed by atoms with E-state index in [1.54, 1.807) is 0 Å². The Morgan fingerprint density at radius 1 is 1.40 bits per heavy atom. The van der Waals surface area contributed by atoms with Gasteiger partial charge in [0.2, 0.25) is 0 Å². The maximum absolute atomic E-state index is 12.2. The molecule has 0 N–H and O–H groups in total. The fourth-order valence-corrected chi connectivity index (χ4v) is 2.99. The van der Waals surface area contributed by atoms with Gasteiger partial charge in [-0.15, -0.1) is 0 Å². The molecule has 0 saturated heterocycles. The summed E-state index contributed by atoms with van der Waals surface area (Å²) < 4.78 is 1.22. The van der Waals surface area contributed by atoms with Gasteiger partial charge in [0.25, 0.3) is 11.2 Å². The molecular weight excluding hydrogens is 328 g/mol. The zero-order valence-electron chi connectivity index (χ0n) is 10.9. The van der Waals surface area contributed by atoms with E-state index >= 15 is 0 Å². The molecule has 1 heterocycles. The second-order valence-electron chi connectivity index (χ2n) is 5.04. The normalized spacial score (nSPS) is 16.1. The third-order valence-corrected chi connectivity index (χ3v) is 4.19. The SMILES string of the molecule is O=C(Cn1cc([N+](=O)[O-])cc(Br)c1=O)C1CCCCC1. The first-order valence-electron chi connectivity index (χ1n) is 6.56. The predicted octanol–water partition coefficient (Wildman–Crippen LogP) is 2.67. The van der Waals surface area contributed by atoms with Crippen molar-refractivity contribution in [1.29, 1.82) is 0 Å². The number of hydrogen-bond acceptors (Lipinski definition) is 4. The fraction of sp³-hybridized carbons (Fsp3) is 0.538. The number of nitrogens with zero attached hydrogens (tertiary/aromatic N) is 2. The fourth-order valence-electron chi connectivity index (χ4n) is 2.52. The molecule has 0 radical (unpaired) electrons. The zero-order chi connectivity index (χ0) is 14.7. The van der Waals surface area contributed by atoms with Crippen LogP contribution in [0.15, 0.2) is 21.5 Å². The van der Waals surface area contributed by atoms with Gasteiger partial charge in [0.05, 0.1) is 22.1 Å². The number of hydrogen-bond donors (Lipinski definition) is 0. The molecular formula is C13H15BrN2O4. The van der Waals surface area contributed by atoms with E-state index in [4.69, 9.17) is 0 Å². The van der Waals surface area contributed by atoms with Crippen LogP contribution >= 0.6 is 15.9 Å². The van der Waals surface area contributed by atoms with Gasteiger partial charge >= 0.3 is 0 Å². The molecule has 0 unspecified atom stereocenters. The van der Waals surface area contributed by atoms with Gasteiger partial charge in [0.15, 0.2) is 5.78 Å². The molecule has 0 bridgehead atoms. The largest absolute Gasteiger partial charge is 0.300 e. The van der Waals surface area contributed by atoms with Gasteiger partial charge in [-0.1, -0.05) is 19.3 Å². The van der Waals surface area contributed by atoms with Crippen LogP contribution in [0.2, 0.25) is 0 Å². The van der Waals surface area contributed by atoms with Gasteiger partial charge in [-0.3, -0.25) is 19.7 Å². The number of aromatic nitrogens is 1. The van der Waals surface area contributed by atoms with Crippen LogP contribution in [-0.2, 0) is 11.3 Å². The van der Waals surface area contributed by atoms with Crippen molar-refractivity contribution in [2.75, 3.05) is 0 Å². The smallest absolute Gasteiger partial charge is 0.286 e. The summed E-state index contributed by atoms with van der Waals surface area (Å²) in [7, 11) is 0. The molecule has 2 rings (SSSR count). The molecule has 0 spiro atoms. The van der Waals surface area contributed by atoms with E-state index in [0.717, 1.165) is 48.9 Å². The Labute approximate surface area is 124 Å². The van der Waals surface area contributed by atoms with Crippen LogP contribution in [0.3, 0.4) is 0 Å². The van der Waals surface area contributed by atoms with Crippen LogP contribution in [0.5, 0.6) is 0 Å². The first-order chi connectivity index (χ1) is 9.49. The van der Waals surface area contributed by atoms with Crippen molar-refractivity contribution in [2.45, 2.75) is 38.6 Å². The maximum Gasteiger partial charge on any atom is 0.286 e. The van der Waals surface area contributed by atoms with Crippen molar-refractivity contribution in [3.8, 4) is 0 Å². The van der Waals surface area contributed by atoms with Crippen LogP contribution in [0.25, 0.3) is 0 Å². The Morgan fingerprint density at radius 2 is 2.05 bits per heavy atom. The first kappa shape index (κ1) is 14.9. The van der Waals surface area contributed by atoms with Gasteiger partial charge < -0.3 is 4.57 Å². The topological polar surface area (TPSA) is 82.2 Å². The highest BCUT2D eigenvalue weighted by Gasteiger charge is 2.22. The number of Topliss-reactive ketones (excluding diaryl/α,β-unsaturated/α-hetero) is 1. The molecule has 108 valence electrons. The van der Waals surface area contributed by atoms with Gasteiger partial charge in [-0.25, -0.2) is 0 Å². The number of nitro groups is 1. The molecule has 0 amide bonds. The molecule has 1 aromatic rings. The lowest BCUT2D eigenvalue weighted by atomic mass is 9.86. The predicted molar refractivity (Wildman–Crippen MR) is 76.6 cm³/mol. The number of rotatable bonds is 4. The van der Waals surface area contributed by atoms with Crippen LogP contribution < -0.4 is 5.56 Å². The number of carbonyl (C=O) groups excluding carboxylic acids is 1. The second kappa shape index (κ2) is 6.30. The summed E-state index contributed by atoms with van der Waals surface area (Å²) in [5, 5.41) is 10.8. The second-order valence-corrected chi connectivity index (χ2v) is 5.89. The van der Waals surface area contributed by atoms with Crippen molar-refractivity contribution in [2.24, 2.45) is 5.92 Å². The van der Waals surface area contributed by atoms with E-state index in [0.29, 0.717) is 0 Å². The highest BCUT2D eigenvalue weighted by atomic mass is 79.9. The third kappa shape index (κ3) is 3.33. The number of halogens is 1. The summed E-state index contributed by atoms with van der Waals surface area (Å²) in [5.74, 6) is -0.0344. The number of pyridine rings is 1. The maximum atomic E-state index is 12.2. The lowest BCUT2D eigenvalue weighted by molar-refractivity contribution is -0.385. The van der Waals surface area contributed by atoms with E-state index in [2.05, 4.69) is 15.9 Å². The molecule has 0 aliphatic heterocycles. The molecule has 0 aromatic carbocycles. The Hall–Kier alpha value is -1.50.